The lowest BCUT2D eigenvalue weighted by Gasteiger charge is -2.23. The number of rotatable bonds is 6. The highest BCUT2D eigenvalue weighted by Gasteiger charge is 2.27. The molecule has 32 heavy (non-hydrogen) atoms. The minimum atomic E-state index is -0.528. The first-order valence-electron chi connectivity index (χ1n) is 9.98. The summed E-state index contributed by atoms with van der Waals surface area (Å²) in [5.41, 5.74) is 7.47. The van der Waals surface area contributed by atoms with E-state index < -0.39 is 5.91 Å². The predicted octanol–water partition coefficient (Wildman–Crippen LogP) is 1.63. The molecular formula is C22H22N6O3S. The maximum atomic E-state index is 12.6. The molecule has 3 aromatic rings. The number of benzene rings is 2. The number of hydrogen-bond acceptors (Lipinski definition) is 6. The van der Waals surface area contributed by atoms with Gasteiger partial charge in [-0.2, -0.15) is 0 Å². The van der Waals surface area contributed by atoms with E-state index in [-0.39, 0.29) is 30.8 Å². The van der Waals surface area contributed by atoms with Gasteiger partial charge in [0.25, 0.3) is 5.91 Å². The zero-order valence-corrected chi connectivity index (χ0v) is 18.2. The van der Waals surface area contributed by atoms with Gasteiger partial charge < -0.3 is 20.7 Å². The van der Waals surface area contributed by atoms with Gasteiger partial charge in [0.1, 0.15) is 12.1 Å². The molecular weight excluding hydrogens is 428 g/mol. The number of ether oxygens (including phenoxy) is 1. The average Bonchev–Trinajstić information content (AvgIpc) is 3.22. The number of anilines is 1. The molecule has 1 atom stereocenters. The minimum absolute atomic E-state index is 0.0872. The molecule has 0 fully saturated rings. The number of nitrogens with one attached hydrogen (secondary N) is 1. The number of primary amides is 1. The Labute approximate surface area is 190 Å². The first-order chi connectivity index (χ1) is 15.4. The van der Waals surface area contributed by atoms with Crippen molar-refractivity contribution in [3.05, 3.63) is 71.8 Å². The Kier molecular flexibility index (Phi) is 6.13. The van der Waals surface area contributed by atoms with E-state index >= 15 is 0 Å². The Hall–Kier alpha value is -3.79. The van der Waals surface area contributed by atoms with Gasteiger partial charge in [0.2, 0.25) is 11.7 Å². The van der Waals surface area contributed by atoms with E-state index in [1.54, 1.807) is 34.8 Å². The Morgan fingerprint density at radius 3 is 2.78 bits per heavy atom. The van der Waals surface area contributed by atoms with E-state index in [1.807, 2.05) is 30.3 Å². The number of nitrogens with zero attached hydrogens (tertiary/aromatic N) is 4. The standard InChI is InChI=1S/C22H22N6O3S/c1-27-17-9-15(19(23)29)7-8-18(17)31-12-16(22(27)32)10-24-21(30)20-25-13-28(26-20)11-14-5-3-2-4-6-14/h2-9,13,16H,10-12H2,1H3,(H2,23,29)(H,24,30)/t16-/m0/s1. The normalized spacial score (nSPS) is 15.5. The van der Waals surface area contributed by atoms with Crippen LogP contribution in [-0.2, 0) is 6.54 Å². The molecule has 0 aliphatic carbocycles. The molecule has 2 heterocycles. The van der Waals surface area contributed by atoms with Gasteiger partial charge in [-0.05, 0) is 23.8 Å². The van der Waals surface area contributed by atoms with Crippen molar-refractivity contribution in [1.82, 2.24) is 20.1 Å². The smallest absolute Gasteiger partial charge is 0.290 e. The van der Waals surface area contributed by atoms with Crippen LogP contribution in [0.2, 0.25) is 0 Å². The summed E-state index contributed by atoms with van der Waals surface area (Å²) < 4.78 is 7.49. The summed E-state index contributed by atoms with van der Waals surface area (Å²) in [5.74, 6) is -0.492. The van der Waals surface area contributed by atoms with Gasteiger partial charge in [-0.1, -0.05) is 42.5 Å². The molecule has 4 rings (SSSR count). The van der Waals surface area contributed by atoms with Crippen molar-refractivity contribution in [2.24, 2.45) is 11.7 Å². The quantitative estimate of drug-likeness (QED) is 0.549. The first-order valence-corrected chi connectivity index (χ1v) is 10.4. The van der Waals surface area contributed by atoms with E-state index in [0.717, 1.165) is 5.56 Å². The van der Waals surface area contributed by atoms with E-state index in [4.69, 9.17) is 22.7 Å². The van der Waals surface area contributed by atoms with E-state index in [2.05, 4.69) is 15.4 Å². The molecule has 0 unspecified atom stereocenters. The Morgan fingerprint density at radius 1 is 1.25 bits per heavy atom. The highest BCUT2D eigenvalue weighted by molar-refractivity contribution is 7.80. The third-order valence-corrected chi connectivity index (χ3v) is 5.77. The van der Waals surface area contributed by atoms with Crippen molar-refractivity contribution in [2.45, 2.75) is 6.54 Å². The molecule has 2 amide bonds. The fourth-order valence-electron chi connectivity index (χ4n) is 3.40. The topological polar surface area (TPSA) is 115 Å². The van der Waals surface area contributed by atoms with E-state index in [1.165, 1.54) is 6.33 Å². The van der Waals surface area contributed by atoms with Gasteiger partial charge >= 0.3 is 0 Å². The Bertz CT molecular complexity index is 1160. The number of carbonyl (C=O) groups is 2. The molecule has 3 N–H and O–H groups in total. The molecule has 1 aliphatic heterocycles. The van der Waals surface area contributed by atoms with Crippen LogP contribution in [0, 0.1) is 5.92 Å². The molecule has 0 saturated heterocycles. The fourth-order valence-corrected chi connectivity index (χ4v) is 3.65. The molecule has 0 radical (unpaired) electrons. The number of aromatic nitrogens is 3. The predicted molar refractivity (Wildman–Crippen MR) is 123 cm³/mol. The zero-order valence-electron chi connectivity index (χ0n) is 17.4. The van der Waals surface area contributed by atoms with Crippen LogP contribution in [0.4, 0.5) is 5.69 Å². The molecule has 10 heteroatoms. The van der Waals surface area contributed by atoms with Gasteiger partial charge in [0, 0.05) is 19.2 Å². The van der Waals surface area contributed by atoms with E-state index in [0.29, 0.717) is 28.5 Å². The monoisotopic (exact) mass is 450 g/mol. The molecule has 1 aromatic heterocycles. The van der Waals surface area contributed by atoms with E-state index in [9.17, 15) is 9.59 Å². The number of nitrogens with two attached hydrogens (primary N) is 1. The lowest BCUT2D eigenvalue weighted by atomic mass is 10.1. The number of thiocarbonyl (C=S) groups is 1. The van der Waals surface area contributed by atoms with Crippen LogP contribution in [0.5, 0.6) is 5.75 Å². The van der Waals surface area contributed by atoms with Crippen molar-refractivity contribution in [3.8, 4) is 5.75 Å². The van der Waals surface area contributed by atoms with Crippen LogP contribution < -0.4 is 20.7 Å². The molecule has 164 valence electrons. The summed E-state index contributed by atoms with van der Waals surface area (Å²) in [6, 6.07) is 14.7. The lowest BCUT2D eigenvalue weighted by molar-refractivity contribution is 0.0936. The fraction of sp³-hybridized carbons (Fsp3) is 0.227. The second-order valence-corrected chi connectivity index (χ2v) is 7.83. The van der Waals surface area contributed by atoms with Crippen LogP contribution >= 0.6 is 12.2 Å². The summed E-state index contributed by atoms with van der Waals surface area (Å²) in [6.45, 7) is 1.06. The lowest BCUT2D eigenvalue weighted by Crippen LogP contribution is -2.40. The highest BCUT2D eigenvalue weighted by atomic mass is 32.1. The number of carbonyl (C=O) groups excluding carboxylic acids is 2. The molecule has 0 bridgehead atoms. The number of fused-ring (bicyclic) bond motifs is 1. The van der Waals surface area contributed by atoms with Crippen molar-refractivity contribution in [2.75, 3.05) is 25.1 Å². The summed E-state index contributed by atoms with van der Waals surface area (Å²) in [6.07, 6.45) is 1.53. The molecule has 2 aromatic carbocycles. The summed E-state index contributed by atoms with van der Waals surface area (Å²) in [4.78, 5) is 30.5. The maximum Gasteiger partial charge on any atom is 0.290 e. The van der Waals surface area contributed by atoms with Crippen LogP contribution in [0.25, 0.3) is 0 Å². The van der Waals surface area contributed by atoms with Crippen molar-refractivity contribution >= 4 is 34.7 Å². The van der Waals surface area contributed by atoms with Crippen molar-refractivity contribution in [3.63, 3.8) is 0 Å². The van der Waals surface area contributed by atoms with Crippen LogP contribution in [0.15, 0.2) is 54.9 Å². The average molecular weight is 451 g/mol. The van der Waals surface area contributed by atoms with Crippen molar-refractivity contribution < 1.29 is 14.3 Å². The Balaban J connectivity index is 1.39. The summed E-state index contributed by atoms with van der Waals surface area (Å²) >= 11 is 5.61. The van der Waals surface area contributed by atoms with Gasteiger partial charge in [0.15, 0.2) is 0 Å². The SMILES string of the molecule is CN1C(=S)[C@@H](CNC(=O)c2ncn(Cc3ccccc3)n2)COc2ccc(C(N)=O)cc21. The van der Waals surface area contributed by atoms with Crippen molar-refractivity contribution in [1.29, 1.82) is 0 Å². The maximum absolute atomic E-state index is 12.6. The van der Waals surface area contributed by atoms with Gasteiger partial charge in [0.05, 0.1) is 29.7 Å². The molecule has 1 aliphatic rings. The Morgan fingerprint density at radius 2 is 2.03 bits per heavy atom. The highest BCUT2D eigenvalue weighted by Crippen LogP contribution is 2.33. The second-order valence-electron chi connectivity index (χ2n) is 7.41. The van der Waals surface area contributed by atoms with Crippen LogP contribution in [0.3, 0.4) is 0 Å². The zero-order chi connectivity index (χ0) is 22.7. The largest absolute Gasteiger partial charge is 0.491 e. The molecule has 9 nitrogen and oxygen atoms in total. The van der Waals surface area contributed by atoms with Gasteiger partial charge in [-0.3, -0.25) is 9.59 Å². The number of hydrogen-bond donors (Lipinski definition) is 2. The van der Waals surface area contributed by atoms with Crippen LogP contribution in [0.1, 0.15) is 26.5 Å². The minimum Gasteiger partial charge on any atom is -0.491 e. The van der Waals surface area contributed by atoms with Gasteiger partial charge in [-0.25, -0.2) is 9.67 Å². The molecule has 0 spiro atoms. The molecule has 0 saturated carbocycles. The van der Waals surface area contributed by atoms with Gasteiger partial charge in [-0.15, -0.1) is 5.10 Å². The second kappa shape index (κ2) is 9.15. The number of amides is 2. The van der Waals surface area contributed by atoms with Crippen LogP contribution in [-0.4, -0.2) is 51.8 Å². The first kappa shape index (κ1) is 21.4. The summed E-state index contributed by atoms with van der Waals surface area (Å²) in [7, 11) is 1.79. The summed E-state index contributed by atoms with van der Waals surface area (Å²) in [5, 5.41) is 7.09. The third-order valence-electron chi connectivity index (χ3n) is 5.16. The third kappa shape index (κ3) is 4.59.